The summed E-state index contributed by atoms with van der Waals surface area (Å²) in [7, 11) is 0. The van der Waals surface area contributed by atoms with Crippen molar-refractivity contribution in [3.8, 4) is 0 Å². The van der Waals surface area contributed by atoms with Gasteiger partial charge in [0.05, 0.1) is 19.3 Å². The summed E-state index contributed by atoms with van der Waals surface area (Å²) in [5.74, 6) is 0. The molecule has 2 heterocycles. The molecule has 154 valence electrons. The van der Waals surface area contributed by atoms with E-state index in [1.165, 1.54) is 0 Å². The van der Waals surface area contributed by atoms with Gasteiger partial charge in [0.2, 0.25) is 0 Å². The summed E-state index contributed by atoms with van der Waals surface area (Å²) in [6, 6.07) is 0. The maximum atomic E-state index is 10.3. The van der Waals surface area contributed by atoms with Gasteiger partial charge < -0.3 is 54.7 Å². The number of ether oxygens (including phenoxy) is 4. The molecule has 10 atom stereocenters. The predicted molar refractivity (Wildman–Crippen MR) is 82.6 cm³/mol. The second-order valence-electron chi connectivity index (χ2n) is 6.69. The molecule has 0 unspecified atom stereocenters. The highest BCUT2D eigenvalue weighted by Gasteiger charge is 2.50. The van der Waals surface area contributed by atoms with Gasteiger partial charge in [-0.05, 0) is 13.8 Å². The summed E-state index contributed by atoms with van der Waals surface area (Å²) in [6.07, 6.45) is -14.7. The van der Waals surface area contributed by atoms with Gasteiger partial charge in [0.15, 0.2) is 12.6 Å². The highest BCUT2D eigenvalue weighted by atomic mass is 16.7. The van der Waals surface area contributed by atoms with Crippen molar-refractivity contribution in [1.82, 2.24) is 0 Å². The lowest BCUT2D eigenvalue weighted by Gasteiger charge is -2.46. The molecule has 0 bridgehead atoms. The summed E-state index contributed by atoms with van der Waals surface area (Å²) in [4.78, 5) is 0. The summed E-state index contributed by atoms with van der Waals surface area (Å²) in [6.45, 7) is 2.16. The lowest BCUT2D eigenvalue weighted by molar-refractivity contribution is -0.361. The molecule has 11 heteroatoms. The second kappa shape index (κ2) is 9.17. The van der Waals surface area contributed by atoms with E-state index in [2.05, 4.69) is 0 Å². The van der Waals surface area contributed by atoms with Crippen molar-refractivity contribution in [2.75, 3.05) is 13.2 Å². The van der Waals surface area contributed by atoms with E-state index in [1.54, 1.807) is 13.8 Å². The molecule has 2 aliphatic rings. The zero-order valence-electron chi connectivity index (χ0n) is 14.5. The molecule has 0 aliphatic carbocycles. The van der Waals surface area contributed by atoms with Gasteiger partial charge in [-0.25, -0.2) is 0 Å². The Balaban J connectivity index is 2.11. The summed E-state index contributed by atoms with van der Waals surface area (Å²) >= 11 is 0. The van der Waals surface area contributed by atoms with Crippen LogP contribution in [0.15, 0.2) is 0 Å². The Labute approximate surface area is 150 Å². The van der Waals surface area contributed by atoms with E-state index in [0.717, 1.165) is 0 Å². The number of aliphatic hydroxyl groups is 7. The Hall–Kier alpha value is -0.440. The van der Waals surface area contributed by atoms with Crippen LogP contribution in [-0.4, -0.2) is 116 Å². The molecular weight excluding hydrogens is 356 g/mol. The largest absolute Gasteiger partial charge is 0.394 e. The third-order valence-electron chi connectivity index (χ3n) is 4.37. The zero-order chi connectivity index (χ0) is 19.6. The predicted octanol–water partition coefficient (Wildman–Crippen LogP) is -3.96. The van der Waals surface area contributed by atoms with Crippen LogP contribution in [0.5, 0.6) is 0 Å². The average molecular weight is 384 g/mol. The van der Waals surface area contributed by atoms with E-state index in [4.69, 9.17) is 18.9 Å². The molecule has 7 N–H and O–H groups in total. The highest BCUT2D eigenvalue weighted by Crippen LogP contribution is 2.29. The smallest absolute Gasteiger partial charge is 0.187 e. The van der Waals surface area contributed by atoms with Crippen molar-refractivity contribution >= 4 is 0 Å². The molecule has 2 fully saturated rings. The summed E-state index contributed by atoms with van der Waals surface area (Å²) in [5, 5.41) is 68.8. The highest BCUT2D eigenvalue weighted by molar-refractivity contribution is 4.94. The van der Waals surface area contributed by atoms with E-state index < -0.39 is 74.6 Å². The minimum absolute atomic E-state index is 0.316. The number of hydrogen-bond acceptors (Lipinski definition) is 11. The third kappa shape index (κ3) is 4.51. The molecule has 2 aliphatic heterocycles. The van der Waals surface area contributed by atoms with E-state index in [0.29, 0.717) is 0 Å². The fourth-order valence-electron chi connectivity index (χ4n) is 2.94. The van der Waals surface area contributed by atoms with E-state index >= 15 is 0 Å². The molecule has 0 spiro atoms. The summed E-state index contributed by atoms with van der Waals surface area (Å²) < 4.78 is 21.4. The van der Waals surface area contributed by atoms with Crippen molar-refractivity contribution in [2.24, 2.45) is 0 Å². The zero-order valence-corrected chi connectivity index (χ0v) is 14.5. The molecule has 2 saturated heterocycles. The Bertz CT molecular complexity index is 432. The maximum absolute atomic E-state index is 10.3. The Morgan fingerprint density at radius 2 is 1.27 bits per heavy atom. The monoisotopic (exact) mass is 384 g/mol. The number of hydrogen-bond donors (Lipinski definition) is 7. The standard InChI is InChI=1S/C15H28O11/c1-5(2)23-14-12(22)10(20)13(7(4-17)25-14)26-15-11(21)9(19)8(18)6(3-16)24-15/h5-22H,3-4H2,1-2H3/t6-,7-,8+,9+,10-,11-,12-,13-,14+,15+/m1/s1. The SMILES string of the molecule is CC(C)O[C@H]1O[C@H](CO)[C@@H](O[C@@H]2O[C@H](CO)[C@H](O)[C@H](O)[C@H]2O)[C@H](O)[C@H]1O. The van der Waals surface area contributed by atoms with Crippen LogP contribution in [0.3, 0.4) is 0 Å². The van der Waals surface area contributed by atoms with Crippen molar-refractivity contribution in [3.63, 3.8) is 0 Å². The lowest BCUT2D eigenvalue weighted by atomic mass is 9.97. The second-order valence-corrected chi connectivity index (χ2v) is 6.69. The minimum Gasteiger partial charge on any atom is -0.394 e. The van der Waals surface area contributed by atoms with Gasteiger partial charge in [0, 0.05) is 0 Å². The molecule has 0 aromatic heterocycles. The van der Waals surface area contributed by atoms with Gasteiger partial charge >= 0.3 is 0 Å². The molecule has 2 rings (SSSR count). The van der Waals surface area contributed by atoms with Gasteiger partial charge in [-0.15, -0.1) is 0 Å². The Kier molecular flexibility index (Phi) is 7.71. The molecule has 11 nitrogen and oxygen atoms in total. The quantitative estimate of drug-likeness (QED) is 0.237. The van der Waals surface area contributed by atoms with Gasteiger partial charge in [-0.3, -0.25) is 0 Å². The van der Waals surface area contributed by atoms with Crippen LogP contribution in [0.25, 0.3) is 0 Å². The third-order valence-corrected chi connectivity index (χ3v) is 4.37. The van der Waals surface area contributed by atoms with Gasteiger partial charge in [0.25, 0.3) is 0 Å². The molecular formula is C15H28O11. The summed E-state index contributed by atoms with van der Waals surface area (Å²) in [5.41, 5.74) is 0. The lowest BCUT2D eigenvalue weighted by Crippen LogP contribution is -2.64. The van der Waals surface area contributed by atoms with E-state index in [1.807, 2.05) is 0 Å². The van der Waals surface area contributed by atoms with Crippen LogP contribution in [0.2, 0.25) is 0 Å². The van der Waals surface area contributed by atoms with Crippen molar-refractivity contribution < 1.29 is 54.7 Å². The topological polar surface area (TPSA) is 179 Å². The van der Waals surface area contributed by atoms with Gasteiger partial charge in [-0.2, -0.15) is 0 Å². The van der Waals surface area contributed by atoms with Gasteiger partial charge in [0.1, 0.15) is 48.8 Å². The molecule has 26 heavy (non-hydrogen) atoms. The molecule has 0 aromatic carbocycles. The number of aliphatic hydroxyl groups excluding tert-OH is 7. The van der Waals surface area contributed by atoms with Crippen molar-refractivity contribution in [3.05, 3.63) is 0 Å². The van der Waals surface area contributed by atoms with Crippen LogP contribution in [0.1, 0.15) is 13.8 Å². The molecule has 0 saturated carbocycles. The fourth-order valence-corrected chi connectivity index (χ4v) is 2.94. The minimum atomic E-state index is -1.69. The molecule has 0 amide bonds. The van der Waals surface area contributed by atoms with Crippen LogP contribution < -0.4 is 0 Å². The maximum Gasteiger partial charge on any atom is 0.187 e. The average Bonchev–Trinajstić information content (AvgIpc) is 2.60. The Morgan fingerprint density at radius 1 is 0.731 bits per heavy atom. The first kappa shape index (κ1) is 21.9. The first-order chi connectivity index (χ1) is 12.2. The van der Waals surface area contributed by atoms with Crippen LogP contribution >= 0.6 is 0 Å². The molecule has 0 aromatic rings. The van der Waals surface area contributed by atoms with Gasteiger partial charge in [-0.1, -0.05) is 0 Å². The first-order valence-corrected chi connectivity index (χ1v) is 8.45. The van der Waals surface area contributed by atoms with Crippen molar-refractivity contribution in [1.29, 1.82) is 0 Å². The normalized spacial score (nSPS) is 47.3. The van der Waals surface area contributed by atoms with Crippen LogP contribution in [0.4, 0.5) is 0 Å². The van der Waals surface area contributed by atoms with E-state index in [9.17, 15) is 35.7 Å². The van der Waals surface area contributed by atoms with Crippen LogP contribution in [-0.2, 0) is 18.9 Å². The van der Waals surface area contributed by atoms with Crippen LogP contribution in [0, 0.1) is 0 Å². The Morgan fingerprint density at radius 3 is 1.81 bits per heavy atom. The first-order valence-electron chi connectivity index (χ1n) is 8.45. The molecule has 0 radical (unpaired) electrons. The fraction of sp³-hybridized carbons (Fsp3) is 1.00. The van der Waals surface area contributed by atoms with Crippen molar-refractivity contribution in [2.45, 2.75) is 81.4 Å². The number of rotatable bonds is 6. The van der Waals surface area contributed by atoms with E-state index in [-0.39, 0.29) is 6.10 Å².